The van der Waals surface area contributed by atoms with Gasteiger partial charge >= 0.3 is 6.18 Å². The van der Waals surface area contributed by atoms with E-state index in [1.165, 1.54) is 18.3 Å². The Kier molecular flexibility index (Phi) is 2.98. The topological polar surface area (TPSA) is 30.7 Å². The quantitative estimate of drug-likeness (QED) is 0.663. The summed E-state index contributed by atoms with van der Waals surface area (Å²) in [7, 11) is 0. The van der Waals surface area contributed by atoms with Gasteiger partial charge in [0.1, 0.15) is 5.15 Å². The van der Waals surface area contributed by atoms with Gasteiger partial charge in [-0.15, -0.1) is 0 Å². The van der Waals surface area contributed by atoms with E-state index in [-0.39, 0.29) is 10.7 Å². The maximum Gasteiger partial charge on any atom is 0.435 e. The molecule has 0 atom stereocenters. The van der Waals surface area contributed by atoms with Crippen LogP contribution in [0, 0.1) is 6.92 Å². The second-order valence-electron chi connectivity index (χ2n) is 4.14. The Hall–Kier alpha value is -1.60. The van der Waals surface area contributed by atoms with Crippen LogP contribution in [-0.4, -0.2) is 14.8 Å². The Bertz CT molecular complexity index is 758. The molecule has 0 N–H and O–H groups in total. The lowest BCUT2D eigenvalue weighted by Crippen LogP contribution is -2.08. The third kappa shape index (κ3) is 2.06. The van der Waals surface area contributed by atoms with Crippen LogP contribution in [0.3, 0.4) is 0 Å². The van der Waals surface area contributed by atoms with Gasteiger partial charge in [0.05, 0.1) is 10.2 Å². The van der Waals surface area contributed by atoms with E-state index in [2.05, 4.69) is 10.1 Å². The van der Waals surface area contributed by atoms with Crippen LogP contribution < -0.4 is 0 Å². The molecule has 0 aliphatic carbocycles. The summed E-state index contributed by atoms with van der Waals surface area (Å²) in [6.07, 6.45) is -4.53. The molecule has 0 aliphatic rings. The number of halogens is 4. The first-order valence-electron chi connectivity index (χ1n) is 5.56. The molecular weight excluding hydrogens is 311 g/mol. The van der Waals surface area contributed by atoms with Crippen molar-refractivity contribution in [1.29, 1.82) is 0 Å². The zero-order valence-electron chi connectivity index (χ0n) is 10.1. The summed E-state index contributed by atoms with van der Waals surface area (Å²) in [5.74, 6) is 0. The maximum atomic E-state index is 12.8. The lowest BCUT2D eigenvalue weighted by molar-refractivity contribution is -0.141. The summed E-state index contributed by atoms with van der Waals surface area (Å²) < 4.78 is 40.3. The lowest BCUT2D eigenvalue weighted by atomic mass is 10.3. The van der Waals surface area contributed by atoms with Crippen molar-refractivity contribution in [3.63, 3.8) is 0 Å². The second-order valence-corrected chi connectivity index (χ2v) is 5.51. The molecule has 8 heteroatoms. The van der Waals surface area contributed by atoms with E-state index in [1.807, 2.05) is 18.2 Å². The first-order valence-corrected chi connectivity index (χ1v) is 6.75. The maximum absolute atomic E-state index is 12.8. The molecule has 3 nitrogen and oxygen atoms in total. The Morgan fingerprint density at radius 3 is 2.55 bits per heavy atom. The van der Waals surface area contributed by atoms with E-state index in [4.69, 9.17) is 11.6 Å². The largest absolute Gasteiger partial charge is 0.435 e. The number of thiazole rings is 1. The summed E-state index contributed by atoms with van der Waals surface area (Å²) in [5, 5.41) is 3.80. The molecule has 20 heavy (non-hydrogen) atoms. The standard InChI is InChI=1S/C12H7ClF3N3S/c1-6-9(12(14,15)16)18-19(10(6)13)11-17-7-4-2-3-5-8(7)20-11/h2-5H,1H3. The normalized spacial score (nSPS) is 12.2. The minimum absolute atomic E-state index is 0.0728. The molecule has 0 saturated heterocycles. The number of aromatic nitrogens is 3. The zero-order valence-corrected chi connectivity index (χ0v) is 11.6. The van der Waals surface area contributed by atoms with Crippen molar-refractivity contribution in [1.82, 2.24) is 14.8 Å². The average Bonchev–Trinajstić information content (AvgIpc) is 2.91. The molecule has 2 aromatic heterocycles. The summed E-state index contributed by atoms with van der Waals surface area (Å²) in [5.41, 5.74) is -0.384. The second kappa shape index (κ2) is 4.46. The van der Waals surface area contributed by atoms with Crippen molar-refractivity contribution in [2.24, 2.45) is 0 Å². The predicted octanol–water partition coefficient (Wildman–Crippen LogP) is 4.46. The fourth-order valence-electron chi connectivity index (χ4n) is 1.82. The van der Waals surface area contributed by atoms with Crippen LogP contribution >= 0.6 is 22.9 Å². The number of fused-ring (bicyclic) bond motifs is 1. The molecule has 0 amide bonds. The van der Waals surface area contributed by atoms with Gasteiger partial charge in [0.15, 0.2) is 5.69 Å². The van der Waals surface area contributed by atoms with Crippen LogP contribution in [-0.2, 0) is 6.18 Å². The number of hydrogen-bond donors (Lipinski definition) is 0. The van der Waals surface area contributed by atoms with Gasteiger partial charge < -0.3 is 0 Å². The smallest absolute Gasteiger partial charge is 0.218 e. The van der Waals surface area contributed by atoms with Crippen LogP contribution in [0.1, 0.15) is 11.3 Å². The summed E-state index contributed by atoms with van der Waals surface area (Å²) in [4.78, 5) is 4.25. The minimum atomic E-state index is -4.53. The number of hydrogen-bond acceptors (Lipinski definition) is 3. The van der Waals surface area contributed by atoms with E-state index >= 15 is 0 Å². The third-order valence-electron chi connectivity index (χ3n) is 2.78. The van der Waals surface area contributed by atoms with Crippen molar-refractivity contribution < 1.29 is 13.2 Å². The van der Waals surface area contributed by atoms with Gasteiger partial charge in [0.2, 0.25) is 5.13 Å². The minimum Gasteiger partial charge on any atom is -0.218 e. The van der Waals surface area contributed by atoms with Crippen LogP contribution in [0.2, 0.25) is 5.15 Å². The molecule has 1 aromatic carbocycles. The fraction of sp³-hybridized carbons (Fsp3) is 0.167. The summed E-state index contributed by atoms with van der Waals surface area (Å²) >= 11 is 7.18. The molecule has 0 unspecified atom stereocenters. The summed E-state index contributed by atoms with van der Waals surface area (Å²) in [6, 6.07) is 7.26. The first-order chi connectivity index (χ1) is 9.38. The van der Waals surface area contributed by atoms with Gasteiger partial charge in [-0.25, -0.2) is 4.98 Å². The Labute approximate surface area is 120 Å². The third-order valence-corrected chi connectivity index (χ3v) is 4.24. The van der Waals surface area contributed by atoms with E-state index in [0.717, 1.165) is 9.38 Å². The van der Waals surface area contributed by atoms with Crippen LogP contribution in [0.25, 0.3) is 15.3 Å². The van der Waals surface area contributed by atoms with Crippen LogP contribution in [0.15, 0.2) is 24.3 Å². The SMILES string of the molecule is Cc1c(C(F)(F)F)nn(-c2nc3ccccc3s2)c1Cl. The van der Waals surface area contributed by atoms with E-state index in [0.29, 0.717) is 10.6 Å². The van der Waals surface area contributed by atoms with Crippen molar-refractivity contribution in [3.8, 4) is 5.13 Å². The number of alkyl halides is 3. The fourth-order valence-corrected chi connectivity index (χ4v) is 3.00. The zero-order chi connectivity index (χ0) is 14.5. The number of para-hydroxylation sites is 1. The molecule has 104 valence electrons. The predicted molar refractivity (Wildman–Crippen MR) is 71.5 cm³/mol. The van der Waals surface area contributed by atoms with Crippen molar-refractivity contribution in [2.45, 2.75) is 13.1 Å². The Morgan fingerprint density at radius 1 is 1.25 bits per heavy atom. The molecule has 0 aliphatic heterocycles. The Morgan fingerprint density at radius 2 is 1.95 bits per heavy atom. The molecule has 0 bridgehead atoms. The van der Waals surface area contributed by atoms with Gasteiger partial charge in [0.25, 0.3) is 0 Å². The monoisotopic (exact) mass is 317 g/mol. The highest BCUT2D eigenvalue weighted by Crippen LogP contribution is 2.36. The highest BCUT2D eigenvalue weighted by molar-refractivity contribution is 7.20. The molecule has 0 spiro atoms. The van der Waals surface area contributed by atoms with Gasteiger partial charge in [-0.05, 0) is 19.1 Å². The highest BCUT2D eigenvalue weighted by atomic mass is 35.5. The molecule has 3 aromatic rings. The van der Waals surface area contributed by atoms with Gasteiger partial charge in [-0.3, -0.25) is 0 Å². The summed E-state index contributed by atoms with van der Waals surface area (Å²) in [6.45, 7) is 1.29. The molecule has 0 saturated carbocycles. The average molecular weight is 318 g/mol. The van der Waals surface area contributed by atoms with Gasteiger partial charge in [0, 0.05) is 5.56 Å². The van der Waals surface area contributed by atoms with Crippen molar-refractivity contribution >= 4 is 33.2 Å². The molecule has 2 heterocycles. The van der Waals surface area contributed by atoms with Gasteiger partial charge in [-0.2, -0.15) is 23.0 Å². The van der Waals surface area contributed by atoms with E-state index in [9.17, 15) is 13.2 Å². The molecule has 0 radical (unpaired) electrons. The number of rotatable bonds is 1. The van der Waals surface area contributed by atoms with E-state index in [1.54, 1.807) is 6.07 Å². The molecule has 0 fully saturated rings. The number of benzene rings is 1. The Balaban J connectivity index is 2.19. The highest BCUT2D eigenvalue weighted by Gasteiger charge is 2.38. The number of nitrogens with zero attached hydrogens (tertiary/aromatic N) is 3. The van der Waals surface area contributed by atoms with Crippen LogP contribution in [0.4, 0.5) is 13.2 Å². The van der Waals surface area contributed by atoms with E-state index < -0.39 is 11.9 Å². The lowest BCUT2D eigenvalue weighted by Gasteiger charge is -2.01. The van der Waals surface area contributed by atoms with Gasteiger partial charge in [-0.1, -0.05) is 35.1 Å². The molecule has 3 rings (SSSR count). The first kappa shape index (κ1) is 13.4. The van der Waals surface area contributed by atoms with Crippen molar-refractivity contribution in [3.05, 3.63) is 40.7 Å². The molecular formula is C12H7ClF3N3S. The van der Waals surface area contributed by atoms with Crippen LogP contribution in [0.5, 0.6) is 0 Å². The van der Waals surface area contributed by atoms with Crippen molar-refractivity contribution in [2.75, 3.05) is 0 Å².